The Labute approximate surface area is 123 Å². The van der Waals surface area contributed by atoms with Crippen LogP contribution in [-0.4, -0.2) is 38.4 Å². The monoisotopic (exact) mass is 323 g/mol. The highest BCUT2D eigenvalue weighted by molar-refractivity contribution is 9.09. The van der Waals surface area contributed by atoms with E-state index in [-0.39, 0.29) is 0 Å². The standard InChI is InChI=1S/C15H22BrN3/c1-2-14-4-3-7-18(14)9-6-13-11-19-8-5-12(16)10-15(19)17-13/h5,8,11-12,14H,2-4,6-7,9-10H2,1H3. The van der Waals surface area contributed by atoms with Crippen molar-refractivity contribution in [3.8, 4) is 0 Å². The van der Waals surface area contributed by atoms with Crippen molar-refractivity contribution in [2.75, 3.05) is 13.1 Å². The molecule has 0 radical (unpaired) electrons. The number of halogens is 1. The zero-order chi connectivity index (χ0) is 13.2. The molecule has 0 aliphatic carbocycles. The van der Waals surface area contributed by atoms with E-state index in [0.717, 1.165) is 25.4 Å². The molecule has 0 bridgehead atoms. The fourth-order valence-electron chi connectivity index (χ4n) is 3.23. The Hall–Kier alpha value is -0.610. The van der Waals surface area contributed by atoms with Crippen LogP contribution in [0.3, 0.4) is 0 Å². The number of alkyl halides is 1. The molecule has 0 aromatic carbocycles. The Kier molecular flexibility index (Phi) is 4.08. The highest BCUT2D eigenvalue weighted by atomic mass is 79.9. The van der Waals surface area contributed by atoms with E-state index >= 15 is 0 Å². The van der Waals surface area contributed by atoms with E-state index in [2.05, 4.69) is 50.8 Å². The maximum atomic E-state index is 4.77. The molecule has 0 amide bonds. The van der Waals surface area contributed by atoms with Crippen LogP contribution in [0.15, 0.2) is 12.3 Å². The quantitative estimate of drug-likeness (QED) is 0.794. The smallest absolute Gasteiger partial charge is 0.114 e. The van der Waals surface area contributed by atoms with Crippen LogP contribution in [0.2, 0.25) is 0 Å². The van der Waals surface area contributed by atoms with Gasteiger partial charge in [0.2, 0.25) is 0 Å². The topological polar surface area (TPSA) is 21.1 Å². The summed E-state index contributed by atoms with van der Waals surface area (Å²) in [5.74, 6) is 1.19. The molecule has 3 heterocycles. The first-order valence-corrected chi connectivity index (χ1v) is 8.31. The molecule has 104 valence electrons. The minimum absolute atomic E-state index is 0.443. The molecule has 1 fully saturated rings. The number of likely N-dealkylation sites (tertiary alicyclic amines) is 1. The van der Waals surface area contributed by atoms with Crippen molar-refractivity contribution in [1.82, 2.24) is 14.5 Å². The van der Waals surface area contributed by atoms with Crippen molar-refractivity contribution >= 4 is 22.1 Å². The summed E-state index contributed by atoms with van der Waals surface area (Å²) in [4.78, 5) is 7.85. The van der Waals surface area contributed by atoms with E-state index < -0.39 is 0 Å². The normalized spacial score (nSPS) is 26.8. The average Bonchev–Trinajstić information content (AvgIpc) is 3.01. The SMILES string of the molecule is CCC1CCCN1CCc1cn2c(n1)CC(Br)C=C2. The summed E-state index contributed by atoms with van der Waals surface area (Å²) in [6, 6.07) is 0.809. The third kappa shape index (κ3) is 2.95. The molecule has 2 aliphatic rings. The first-order valence-electron chi connectivity index (χ1n) is 7.39. The molecule has 1 aromatic heterocycles. The highest BCUT2D eigenvalue weighted by Gasteiger charge is 2.22. The van der Waals surface area contributed by atoms with Crippen LogP contribution in [0.4, 0.5) is 0 Å². The molecule has 2 atom stereocenters. The van der Waals surface area contributed by atoms with Gasteiger partial charge in [0, 0.05) is 42.7 Å². The highest BCUT2D eigenvalue weighted by Crippen LogP contribution is 2.21. The Morgan fingerprint density at radius 3 is 3.21 bits per heavy atom. The van der Waals surface area contributed by atoms with Gasteiger partial charge in [0.15, 0.2) is 0 Å². The zero-order valence-corrected chi connectivity index (χ0v) is 13.1. The summed E-state index contributed by atoms with van der Waals surface area (Å²) >= 11 is 3.63. The maximum Gasteiger partial charge on any atom is 0.114 e. The minimum Gasteiger partial charge on any atom is -0.311 e. The molecular weight excluding hydrogens is 302 g/mol. The molecule has 1 aromatic rings. The van der Waals surface area contributed by atoms with E-state index in [9.17, 15) is 0 Å². The molecule has 2 aliphatic heterocycles. The van der Waals surface area contributed by atoms with Gasteiger partial charge in [-0.2, -0.15) is 0 Å². The van der Waals surface area contributed by atoms with Gasteiger partial charge in [-0.3, -0.25) is 0 Å². The largest absolute Gasteiger partial charge is 0.311 e. The first-order chi connectivity index (χ1) is 9.26. The van der Waals surface area contributed by atoms with Gasteiger partial charge in [-0.25, -0.2) is 4.98 Å². The van der Waals surface area contributed by atoms with Crippen molar-refractivity contribution in [2.45, 2.75) is 49.9 Å². The lowest BCUT2D eigenvalue weighted by atomic mass is 10.1. The number of hydrogen-bond acceptors (Lipinski definition) is 2. The average molecular weight is 324 g/mol. The zero-order valence-electron chi connectivity index (χ0n) is 11.6. The number of rotatable bonds is 4. The van der Waals surface area contributed by atoms with Crippen molar-refractivity contribution in [1.29, 1.82) is 0 Å². The number of nitrogens with zero attached hydrogens (tertiary/aromatic N) is 3. The number of allylic oxidation sites excluding steroid dienone is 1. The van der Waals surface area contributed by atoms with Crippen LogP contribution in [0.25, 0.3) is 6.20 Å². The van der Waals surface area contributed by atoms with Crippen molar-refractivity contribution in [2.24, 2.45) is 0 Å². The maximum absolute atomic E-state index is 4.77. The van der Waals surface area contributed by atoms with Gasteiger partial charge in [-0.15, -0.1) is 0 Å². The van der Waals surface area contributed by atoms with E-state index in [0.29, 0.717) is 4.83 Å². The van der Waals surface area contributed by atoms with Crippen LogP contribution in [0.5, 0.6) is 0 Å². The van der Waals surface area contributed by atoms with Gasteiger partial charge >= 0.3 is 0 Å². The van der Waals surface area contributed by atoms with Gasteiger partial charge in [-0.1, -0.05) is 28.9 Å². The fourth-order valence-corrected chi connectivity index (χ4v) is 3.65. The second-order valence-corrected chi connectivity index (χ2v) is 6.78. The van der Waals surface area contributed by atoms with Crippen molar-refractivity contribution < 1.29 is 0 Å². The lowest BCUT2D eigenvalue weighted by molar-refractivity contribution is 0.251. The van der Waals surface area contributed by atoms with Gasteiger partial charge in [0.05, 0.1) is 5.69 Å². The van der Waals surface area contributed by atoms with Gasteiger partial charge in [0.25, 0.3) is 0 Å². The predicted molar refractivity (Wildman–Crippen MR) is 82.6 cm³/mol. The van der Waals surface area contributed by atoms with Gasteiger partial charge in [-0.05, 0) is 25.8 Å². The Balaban J connectivity index is 1.60. The molecule has 19 heavy (non-hydrogen) atoms. The Morgan fingerprint density at radius 1 is 1.47 bits per heavy atom. The molecule has 1 saturated heterocycles. The first kappa shape index (κ1) is 13.4. The Morgan fingerprint density at radius 2 is 2.37 bits per heavy atom. The second kappa shape index (κ2) is 5.80. The molecule has 3 rings (SSSR count). The van der Waals surface area contributed by atoms with E-state index in [4.69, 9.17) is 4.98 Å². The van der Waals surface area contributed by atoms with Gasteiger partial charge in [0.1, 0.15) is 5.82 Å². The molecular formula is C15H22BrN3. The number of imidazole rings is 1. The summed E-state index contributed by atoms with van der Waals surface area (Å²) in [5, 5.41) is 0. The summed E-state index contributed by atoms with van der Waals surface area (Å²) in [6.07, 6.45) is 12.6. The van der Waals surface area contributed by atoms with Gasteiger partial charge < -0.3 is 9.47 Å². The summed E-state index contributed by atoms with van der Waals surface area (Å²) < 4.78 is 2.17. The predicted octanol–water partition coefficient (Wildman–Crippen LogP) is 3.09. The second-order valence-electron chi connectivity index (χ2n) is 5.61. The molecule has 4 heteroatoms. The van der Waals surface area contributed by atoms with Crippen LogP contribution >= 0.6 is 15.9 Å². The Bertz CT molecular complexity index is 466. The van der Waals surface area contributed by atoms with E-state index in [1.165, 1.54) is 37.3 Å². The summed E-state index contributed by atoms with van der Waals surface area (Å²) in [6.45, 7) is 4.74. The number of fused-ring (bicyclic) bond motifs is 1. The van der Waals surface area contributed by atoms with Crippen molar-refractivity contribution in [3.05, 3.63) is 23.8 Å². The lowest BCUT2D eigenvalue weighted by Gasteiger charge is -2.22. The van der Waals surface area contributed by atoms with E-state index in [1.807, 2.05) is 0 Å². The number of aromatic nitrogens is 2. The summed E-state index contributed by atoms with van der Waals surface area (Å²) in [5.41, 5.74) is 1.24. The summed E-state index contributed by atoms with van der Waals surface area (Å²) in [7, 11) is 0. The molecule has 0 saturated carbocycles. The van der Waals surface area contributed by atoms with E-state index in [1.54, 1.807) is 0 Å². The van der Waals surface area contributed by atoms with Crippen LogP contribution < -0.4 is 0 Å². The lowest BCUT2D eigenvalue weighted by Crippen LogP contribution is -2.30. The van der Waals surface area contributed by atoms with Crippen molar-refractivity contribution in [3.63, 3.8) is 0 Å². The molecule has 3 nitrogen and oxygen atoms in total. The fraction of sp³-hybridized carbons (Fsp3) is 0.667. The molecule has 0 spiro atoms. The molecule has 2 unspecified atom stereocenters. The third-order valence-corrected chi connectivity index (χ3v) is 4.95. The van der Waals surface area contributed by atoms with Crippen LogP contribution in [0.1, 0.15) is 37.7 Å². The third-order valence-electron chi connectivity index (χ3n) is 4.32. The van der Waals surface area contributed by atoms with Crippen LogP contribution in [0, 0.1) is 0 Å². The number of hydrogen-bond donors (Lipinski definition) is 0. The molecule has 0 N–H and O–H groups in total. The minimum atomic E-state index is 0.443. The van der Waals surface area contributed by atoms with Crippen LogP contribution in [-0.2, 0) is 12.8 Å².